The molecule has 1 aliphatic heterocycles. The van der Waals surface area contributed by atoms with Crippen LogP contribution in [-0.4, -0.2) is 60.5 Å². The molecule has 1 saturated heterocycles. The van der Waals surface area contributed by atoms with Gasteiger partial charge >= 0.3 is 0 Å². The second kappa shape index (κ2) is 6.92. The Hall–Kier alpha value is -1.31. The summed E-state index contributed by atoms with van der Waals surface area (Å²) in [5.74, 6) is -0.120. The number of nitrogens with two attached hydrogens (primary N) is 1. The minimum Gasteiger partial charge on any atom is -0.383 e. The van der Waals surface area contributed by atoms with Gasteiger partial charge in [0.15, 0.2) is 5.82 Å². The summed E-state index contributed by atoms with van der Waals surface area (Å²) in [6.45, 7) is 2.16. The number of halogens is 1. The Balaban J connectivity index is 2.08. The summed E-state index contributed by atoms with van der Waals surface area (Å²) in [7, 11) is 1.59. The van der Waals surface area contributed by atoms with Gasteiger partial charge in [-0.15, -0.1) is 0 Å². The molecule has 1 fully saturated rings. The molecule has 0 aromatic carbocycles. The van der Waals surface area contributed by atoms with Gasteiger partial charge in [0.25, 0.3) is 5.91 Å². The number of nitrogens with one attached hydrogen (secondary N) is 1. The Morgan fingerprint density at radius 3 is 3.05 bits per heavy atom. The lowest BCUT2D eigenvalue weighted by molar-refractivity contribution is 0.0452. The number of carbonyl (C=O) groups is 1. The van der Waals surface area contributed by atoms with Crippen molar-refractivity contribution in [3.63, 3.8) is 0 Å². The van der Waals surface area contributed by atoms with E-state index in [-0.39, 0.29) is 28.5 Å². The molecule has 1 aromatic heterocycles. The van der Waals surface area contributed by atoms with Gasteiger partial charge < -0.3 is 20.1 Å². The van der Waals surface area contributed by atoms with Crippen molar-refractivity contribution in [1.82, 2.24) is 15.1 Å². The highest BCUT2D eigenvalue weighted by atomic mass is 35.5. The van der Waals surface area contributed by atoms with Crippen LogP contribution in [0.1, 0.15) is 23.3 Å². The number of anilines is 1. The average molecular weight is 303 g/mol. The standard InChI is InChI=1S/C12H19ClN4O3/c1-19-6-4-17(7-8-3-2-5-20-8)12(18)10-9(13)11(14)16-15-10/h8H,2-7H2,1H3,(H3,14,15,16). The lowest BCUT2D eigenvalue weighted by atomic mass is 10.2. The second-order valence-electron chi connectivity index (χ2n) is 4.68. The van der Waals surface area contributed by atoms with E-state index in [1.165, 1.54) is 0 Å². The summed E-state index contributed by atoms with van der Waals surface area (Å²) in [6.07, 6.45) is 2.04. The molecule has 8 heteroatoms. The number of nitrogen functional groups attached to an aromatic ring is 1. The number of carbonyl (C=O) groups excluding carboxylic acids is 1. The van der Waals surface area contributed by atoms with Gasteiger partial charge in [-0.05, 0) is 12.8 Å². The van der Waals surface area contributed by atoms with Crippen LogP contribution in [0.15, 0.2) is 0 Å². The lowest BCUT2D eigenvalue weighted by Gasteiger charge is -2.24. The Labute approximate surface area is 122 Å². The molecule has 1 amide bonds. The molecule has 0 bridgehead atoms. The highest BCUT2D eigenvalue weighted by Gasteiger charge is 2.26. The summed E-state index contributed by atoms with van der Waals surface area (Å²) >= 11 is 5.97. The Kier molecular flexibility index (Phi) is 5.22. The zero-order valence-corrected chi connectivity index (χ0v) is 12.2. The molecule has 7 nitrogen and oxygen atoms in total. The zero-order chi connectivity index (χ0) is 14.5. The molecule has 0 aliphatic carbocycles. The van der Waals surface area contributed by atoms with Crippen LogP contribution in [0.5, 0.6) is 0 Å². The van der Waals surface area contributed by atoms with Gasteiger partial charge in [0.05, 0.1) is 12.7 Å². The first-order chi connectivity index (χ1) is 9.63. The first-order valence-electron chi connectivity index (χ1n) is 6.52. The van der Waals surface area contributed by atoms with E-state index in [0.29, 0.717) is 19.7 Å². The number of methoxy groups -OCH3 is 1. The minimum absolute atomic E-state index is 0.0647. The third-order valence-electron chi connectivity index (χ3n) is 3.25. The van der Waals surface area contributed by atoms with Gasteiger partial charge in [-0.2, -0.15) is 5.10 Å². The fourth-order valence-corrected chi connectivity index (χ4v) is 2.32. The van der Waals surface area contributed by atoms with Crippen LogP contribution in [0.4, 0.5) is 5.82 Å². The largest absolute Gasteiger partial charge is 0.383 e. The molecule has 0 spiro atoms. The number of H-pyrrole nitrogens is 1. The molecule has 1 unspecified atom stereocenters. The molecule has 1 aromatic rings. The third kappa shape index (κ3) is 3.41. The zero-order valence-electron chi connectivity index (χ0n) is 11.4. The Bertz CT molecular complexity index is 460. The van der Waals surface area contributed by atoms with Crippen LogP contribution in [-0.2, 0) is 9.47 Å². The SMILES string of the molecule is COCCN(CC1CCCO1)C(=O)c1[nH]nc(N)c1Cl. The van der Waals surface area contributed by atoms with Crippen LogP contribution >= 0.6 is 11.6 Å². The number of hydrogen-bond acceptors (Lipinski definition) is 5. The predicted octanol–water partition coefficient (Wildman–Crippen LogP) is 0.913. The highest BCUT2D eigenvalue weighted by molar-refractivity contribution is 6.35. The molecular weight excluding hydrogens is 284 g/mol. The smallest absolute Gasteiger partial charge is 0.273 e. The molecule has 1 aliphatic rings. The van der Waals surface area contributed by atoms with Crippen LogP contribution in [0.2, 0.25) is 5.02 Å². The van der Waals surface area contributed by atoms with Gasteiger partial charge in [-0.25, -0.2) is 0 Å². The van der Waals surface area contributed by atoms with Crippen LogP contribution in [0.3, 0.4) is 0 Å². The Morgan fingerprint density at radius 1 is 1.70 bits per heavy atom. The van der Waals surface area contributed by atoms with Gasteiger partial charge in [0.1, 0.15) is 10.7 Å². The summed E-state index contributed by atoms with van der Waals surface area (Å²) in [5.41, 5.74) is 5.75. The summed E-state index contributed by atoms with van der Waals surface area (Å²) < 4.78 is 10.6. The van der Waals surface area contributed by atoms with E-state index in [9.17, 15) is 4.79 Å². The summed E-state index contributed by atoms with van der Waals surface area (Å²) in [5, 5.41) is 6.48. The predicted molar refractivity (Wildman–Crippen MR) is 74.8 cm³/mol. The van der Waals surface area contributed by atoms with Gasteiger partial charge in [0, 0.05) is 26.8 Å². The van der Waals surface area contributed by atoms with E-state index >= 15 is 0 Å². The molecule has 1 atom stereocenters. The van der Waals surface area contributed by atoms with E-state index in [1.54, 1.807) is 12.0 Å². The van der Waals surface area contributed by atoms with Crippen molar-refractivity contribution in [3.05, 3.63) is 10.7 Å². The fourth-order valence-electron chi connectivity index (χ4n) is 2.15. The second-order valence-corrected chi connectivity index (χ2v) is 5.05. The molecule has 2 rings (SSSR count). The molecule has 112 valence electrons. The van der Waals surface area contributed by atoms with Crippen molar-refractivity contribution in [1.29, 1.82) is 0 Å². The van der Waals surface area contributed by atoms with E-state index in [1.807, 2.05) is 0 Å². The first-order valence-corrected chi connectivity index (χ1v) is 6.90. The number of ether oxygens (including phenoxy) is 2. The summed E-state index contributed by atoms with van der Waals surface area (Å²) in [4.78, 5) is 14.1. The molecule has 20 heavy (non-hydrogen) atoms. The maximum atomic E-state index is 12.5. The van der Waals surface area contributed by atoms with Crippen molar-refractivity contribution in [2.45, 2.75) is 18.9 Å². The maximum Gasteiger partial charge on any atom is 0.273 e. The number of aromatic nitrogens is 2. The quantitative estimate of drug-likeness (QED) is 0.815. The van der Waals surface area contributed by atoms with Crippen LogP contribution in [0, 0.1) is 0 Å². The van der Waals surface area contributed by atoms with E-state index < -0.39 is 0 Å². The van der Waals surface area contributed by atoms with Crippen LogP contribution < -0.4 is 5.73 Å². The number of amides is 1. The lowest BCUT2D eigenvalue weighted by Crippen LogP contribution is -2.39. The summed E-state index contributed by atoms with van der Waals surface area (Å²) in [6, 6.07) is 0. The van der Waals surface area contributed by atoms with Crippen molar-refractivity contribution in [2.75, 3.05) is 39.1 Å². The van der Waals surface area contributed by atoms with E-state index in [0.717, 1.165) is 19.4 Å². The number of nitrogens with zero attached hydrogens (tertiary/aromatic N) is 2. The highest BCUT2D eigenvalue weighted by Crippen LogP contribution is 2.22. The fraction of sp³-hybridized carbons (Fsp3) is 0.667. The number of rotatable bonds is 6. The molecular formula is C12H19ClN4O3. The van der Waals surface area contributed by atoms with E-state index in [2.05, 4.69) is 10.2 Å². The van der Waals surface area contributed by atoms with Gasteiger partial charge in [0.2, 0.25) is 0 Å². The average Bonchev–Trinajstić information content (AvgIpc) is 3.06. The number of hydrogen-bond donors (Lipinski definition) is 2. The maximum absolute atomic E-state index is 12.5. The van der Waals surface area contributed by atoms with E-state index in [4.69, 9.17) is 26.8 Å². The van der Waals surface area contributed by atoms with Crippen molar-refractivity contribution >= 4 is 23.3 Å². The van der Waals surface area contributed by atoms with Crippen molar-refractivity contribution in [2.24, 2.45) is 0 Å². The minimum atomic E-state index is -0.244. The third-order valence-corrected chi connectivity index (χ3v) is 3.63. The van der Waals surface area contributed by atoms with Gasteiger partial charge in [-0.1, -0.05) is 11.6 Å². The first kappa shape index (κ1) is 15.1. The Morgan fingerprint density at radius 2 is 2.50 bits per heavy atom. The molecule has 0 saturated carbocycles. The molecule has 0 radical (unpaired) electrons. The normalized spacial score (nSPS) is 18.4. The van der Waals surface area contributed by atoms with Gasteiger partial charge in [-0.3, -0.25) is 9.89 Å². The van der Waals surface area contributed by atoms with Crippen molar-refractivity contribution < 1.29 is 14.3 Å². The molecule has 3 N–H and O–H groups in total. The molecule has 2 heterocycles. The van der Waals surface area contributed by atoms with Crippen molar-refractivity contribution in [3.8, 4) is 0 Å². The topological polar surface area (TPSA) is 93.5 Å². The monoisotopic (exact) mass is 302 g/mol. The number of aromatic amines is 1. The van der Waals surface area contributed by atoms with Crippen LogP contribution in [0.25, 0.3) is 0 Å².